The number of alkyl carbamates (subject to hydrolysis) is 1. The number of nitrogens with zero attached hydrogens (tertiary/aromatic N) is 1. The molecule has 1 aromatic heterocycles. The number of carbonyl (C=O) groups is 1. The molecule has 0 bridgehead atoms. The number of hydrogen-bond donors (Lipinski definition) is 2. The second kappa shape index (κ2) is 7.79. The van der Waals surface area contributed by atoms with Crippen LogP contribution in [-0.4, -0.2) is 22.6 Å². The van der Waals surface area contributed by atoms with Crippen molar-refractivity contribution in [2.45, 2.75) is 6.61 Å². The van der Waals surface area contributed by atoms with E-state index in [4.69, 9.17) is 4.74 Å². The lowest BCUT2D eigenvalue weighted by Crippen LogP contribution is -2.24. The van der Waals surface area contributed by atoms with E-state index in [-0.39, 0.29) is 18.7 Å². The lowest BCUT2D eigenvalue weighted by Gasteiger charge is -2.04. The zero-order valence-corrected chi connectivity index (χ0v) is 13.3. The van der Waals surface area contributed by atoms with Crippen LogP contribution in [0.25, 0.3) is 10.9 Å². The highest BCUT2D eigenvalue weighted by Gasteiger charge is 2.01. The number of fused-ring (bicyclic) bond motifs is 1. The number of nitrogens with one attached hydrogen (secondary N) is 2. The maximum atomic E-state index is 11.7. The molecule has 0 unspecified atom stereocenters. The minimum absolute atomic E-state index is 0.148. The summed E-state index contributed by atoms with van der Waals surface area (Å²) in [4.78, 5) is 29.9. The van der Waals surface area contributed by atoms with Crippen LogP contribution in [0.5, 0.6) is 0 Å². The molecular formula is C19H15N3O3. The topological polar surface area (TPSA) is 84.1 Å². The molecule has 25 heavy (non-hydrogen) atoms. The van der Waals surface area contributed by atoms with Crippen LogP contribution in [0.3, 0.4) is 0 Å². The smallest absolute Gasteiger partial charge is 0.408 e. The molecule has 0 radical (unpaired) electrons. The minimum atomic E-state index is -0.530. The molecule has 0 saturated carbocycles. The number of carbonyl (C=O) groups excluding carboxylic acids is 1. The van der Waals surface area contributed by atoms with Crippen molar-refractivity contribution in [3.8, 4) is 11.8 Å². The normalized spacial score (nSPS) is 9.92. The number of benzene rings is 2. The Labute approximate surface area is 143 Å². The Kier molecular flexibility index (Phi) is 5.07. The van der Waals surface area contributed by atoms with Gasteiger partial charge >= 0.3 is 6.09 Å². The van der Waals surface area contributed by atoms with Crippen molar-refractivity contribution in [1.29, 1.82) is 0 Å². The Balaban J connectivity index is 1.53. The molecule has 1 amide bonds. The molecule has 3 rings (SSSR count). The van der Waals surface area contributed by atoms with Crippen LogP contribution in [-0.2, 0) is 11.3 Å². The third-order valence-corrected chi connectivity index (χ3v) is 3.41. The fraction of sp³-hybridized carbons (Fsp3) is 0.105. The number of rotatable bonds is 3. The lowest BCUT2D eigenvalue weighted by molar-refractivity contribution is 0.141. The van der Waals surface area contributed by atoms with Gasteiger partial charge in [0.2, 0.25) is 0 Å². The summed E-state index contributed by atoms with van der Waals surface area (Å²) in [5, 5.41) is 3.03. The predicted octanol–water partition coefficient (Wildman–Crippen LogP) is 2.20. The molecule has 0 spiro atoms. The molecule has 0 aliphatic rings. The highest BCUT2D eigenvalue weighted by atomic mass is 16.5. The summed E-state index contributed by atoms with van der Waals surface area (Å²) >= 11 is 0. The van der Waals surface area contributed by atoms with Crippen LogP contribution in [0.15, 0.2) is 59.7 Å². The van der Waals surface area contributed by atoms with Crippen molar-refractivity contribution in [3.05, 3.63) is 76.3 Å². The summed E-state index contributed by atoms with van der Waals surface area (Å²) in [6.07, 6.45) is 0.832. The average Bonchev–Trinajstić information content (AvgIpc) is 2.65. The second-order valence-corrected chi connectivity index (χ2v) is 5.18. The van der Waals surface area contributed by atoms with Gasteiger partial charge in [0.25, 0.3) is 5.56 Å². The highest BCUT2D eigenvalue weighted by molar-refractivity contribution is 5.78. The van der Waals surface area contributed by atoms with Gasteiger partial charge < -0.3 is 15.0 Å². The van der Waals surface area contributed by atoms with Gasteiger partial charge in [-0.15, -0.1) is 0 Å². The molecule has 0 fully saturated rings. The second-order valence-electron chi connectivity index (χ2n) is 5.18. The number of H-pyrrole nitrogens is 1. The van der Waals surface area contributed by atoms with Crippen molar-refractivity contribution in [2.24, 2.45) is 0 Å². The maximum absolute atomic E-state index is 11.7. The van der Waals surface area contributed by atoms with Gasteiger partial charge in [-0.05, 0) is 23.8 Å². The third kappa shape index (κ3) is 4.45. The molecule has 2 N–H and O–H groups in total. The first kappa shape index (κ1) is 16.3. The Morgan fingerprint density at radius 2 is 2.04 bits per heavy atom. The van der Waals surface area contributed by atoms with Gasteiger partial charge in [-0.25, -0.2) is 9.78 Å². The maximum Gasteiger partial charge on any atom is 0.408 e. The molecule has 1 heterocycles. The van der Waals surface area contributed by atoms with Crippen LogP contribution in [0.4, 0.5) is 4.79 Å². The number of hydrogen-bond acceptors (Lipinski definition) is 4. The molecule has 0 aliphatic carbocycles. The van der Waals surface area contributed by atoms with Gasteiger partial charge in [0, 0.05) is 5.56 Å². The van der Waals surface area contributed by atoms with Crippen molar-refractivity contribution in [1.82, 2.24) is 15.3 Å². The summed E-state index contributed by atoms with van der Waals surface area (Å²) in [5.74, 6) is 5.71. The van der Waals surface area contributed by atoms with E-state index in [0.717, 1.165) is 5.56 Å². The van der Waals surface area contributed by atoms with Gasteiger partial charge in [-0.2, -0.15) is 0 Å². The zero-order chi connectivity index (χ0) is 17.5. The molecule has 124 valence electrons. The molecule has 0 saturated heterocycles. The molecule has 0 aliphatic heterocycles. The fourth-order valence-corrected chi connectivity index (χ4v) is 2.18. The van der Waals surface area contributed by atoms with E-state index in [1.54, 1.807) is 18.2 Å². The Bertz CT molecular complexity index is 1000. The zero-order valence-electron chi connectivity index (χ0n) is 13.3. The summed E-state index contributed by atoms with van der Waals surface area (Å²) < 4.78 is 5.08. The first-order chi connectivity index (χ1) is 12.2. The Morgan fingerprint density at radius 1 is 1.20 bits per heavy atom. The van der Waals surface area contributed by atoms with Crippen LogP contribution in [0.2, 0.25) is 0 Å². The van der Waals surface area contributed by atoms with Gasteiger partial charge in [0.05, 0.1) is 23.8 Å². The van der Waals surface area contributed by atoms with Crippen molar-refractivity contribution >= 4 is 17.0 Å². The standard InChI is InChI=1S/C19H15N3O3/c23-18-16-11-14(8-9-17(16)21-13-22-18)7-4-10-20-19(24)25-12-15-5-2-1-3-6-15/h1-3,5-6,8-9,11,13H,10,12H2,(H,20,24)(H,21,22,23). The number of aromatic nitrogens is 2. The van der Waals surface area contributed by atoms with Gasteiger partial charge in [0.15, 0.2) is 0 Å². The number of amides is 1. The molecule has 3 aromatic rings. The summed E-state index contributed by atoms with van der Waals surface area (Å²) in [6.45, 7) is 0.357. The molecule has 0 atom stereocenters. The number of ether oxygens (including phenoxy) is 1. The highest BCUT2D eigenvalue weighted by Crippen LogP contribution is 2.08. The van der Waals surface area contributed by atoms with Crippen molar-refractivity contribution < 1.29 is 9.53 Å². The Hall–Kier alpha value is -3.59. The predicted molar refractivity (Wildman–Crippen MR) is 93.9 cm³/mol. The average molecular weight is 333 g/mol. The van der Waals surface area contributed by atoms with Gasteiger partial charge in [-0.1, -0.05) is 42.2 Å². The quantitative estimate of drug-likeness (QED) is 0.720. The fourth-order valence-electron chi connectivity index (χ4n) is 2.18. The molecule has 2 aromatic carbocycles. The molecular weight excluding hydrogens is 318 g/mol. The third-order valence-electron chi connectivity index (χ3n) is 3.41. The van der Waals surface area contributed by atoms with Crippen molar-refractivity contribution in [2.75, 3.05) is 6.54 Å². The van der Waals surface area contributed by atoms with Gasteiger partial charge in [0.1, 0.15) is 6.61 Å². The first-order valence-corrected chi connectivity index (χ1v) is 7.63. The van der Waals surface area contributed by atoms with E-state index in [1.807, 2.05) is 30.3 Å². The van der Waals surface area contributed by atoms with Crippen LogP contribution >= 0.6 is 0 Å². The van der Waals surface area contributed by atoms with E-state index >= 15 is 0 Å². The summed E-state index contributed by atoms with van der Waals surface area (Å²) in [6, 6.07) is 14.6. The van der Waals surface area contributed by atoms with E-state index in [0.29, 0.717) is 16.5 Å². The van der Waals surface area contributed by atoms with Crippen LogP contribution in [0, 0.1) is 11.8 Å². The molecule has 6 nitrogen and oxygen atoms in total. The molecule has 6 heteroatoms. The van der Waals surface area contributed by atoms with Crippen LogP contribution < -0.4 is 10.9 Å². The van der Waals surface area contributed by atoms with Crippen LogP contribution in [0.1, 0.15) is 11.1 Å². The van der Waals surface area contributed by atoms with Crippen molar-refractivity contribution in [3.63, 3.8) is 0 Å². The van der Waals surface area contributed by atoms with E-state index < -0.39 is 6.09 Å². The first-order valence-electron chi connectivity index (χ1n) is 7.63. The number of aromatic amines is 1. The van der Waals surface area contributed by atoms with E-state index in [1.165, 1.54) is 6.33 Å². The lowest BCUT2D eigenvalue weighted by atomic mass is 10.1. The van der Waals surface area contributed by atoms with Gasteiger partial charge in [-0.3, -0.25) is 4.79 Å². The Morgan fingerprint density at radius 3 is 2.88 bits per heavy atom. The van der Waals surface area contributed by atoms with E-state index in [2.05, 4.69) is 27.1 Å². The SMILES string of the molecule is O=C(NCC#Cc1ccc2nc[nH]c(=O)c2c1)OCc1ccccc1. The summed E-state index contributed by atoms with van der Waals surface area (Å²) in [5.41, 5.74) is 1.98. The minimum Gasteiger partial charge on any atom is -0.445 e. The van der Waals surface area contributed by atoms with E-state index in [9.17, 15) is 9.59 Å². The summed E-state index contributed by atoms with van der Waals surface area (Å²) in [7, 11) is 0. The largest absolute Gasteiger partial charge is 0.445 e. The monoisotopic (exact) mass is 333 g/mol.